The highest BCUT2D eigenvalue weighted by Gasteiger charge is 2.49. The Bertz CT molecular complexity index is 751. The highest BCUT2D eigenvalue weighted by molar-refractivity contribution is 9.10. The van der Waals surface area contributed by atoms with Crippen molar-refractivity contribution < 1.29 is 31.1 Å². The van der Waals surface area contributed by atoms with E-state index in [2.05, 4.69) is 15.9 Å². The molecule has 0 N–H and O–H groups in total. The van der Waals surface area contributed by atoms with Crippen molar-refractivity contribution in [3.8, 4) is 11.3 Å². The number of hydrogen-bond acceptors (Lipinski definition) is 1. The highest BCUT2D eigenvalue weighted by Crippen LogP contribution is 2.49. The second kappa shape index (κ2) is 7.20. The van der Waals surface area contributed by atoms with Gasteiger partial charge in [-0.05, 0) is 40.5 Å². The van der Waals surface area contributed by atoms with Crippen molar-refractivity contribution >= 4 is 27.5 Å². The summed E-state index contributed by atoms with van der Waals surface area (Å²) in [4.78, 5) is 0. The average molecular weight is 451 g/mol. The molecule has 0 radical (unpaired) electrons. The number of benzene rings is 1. The first-order valence-electron chi connectivity index (χ1n) is 6.88. The van der Waals surface area contributed by atoms with Crippen LogP contribution in [0.25, 0.3) is 11.3 Å². The lowest BCUT2D eigenvalue weighted by atomic mass is 10.1. The van der Waals surface area contributed by atoms with Crippen molar-refractivity contribution in [2.75, 3.05) is 6.61 Å². The molecular formula is C15H11BrClF6NO. The van der Waals surface area contributed by atoms with E-state index in [1.165, 1.54) is 31.2 Å². The molecule has 2 rings (SSSR count). The Morgan fingerprint density at radius 3 is 2.04 bits per heavy atom. The maximum absolute atomic E-state index is 13.4. The van der Waals surface area contributed by atoms with Crippen molar-refractivity contribution in [3.63, 3.8) is 0 Å². The van der Waals surface area contributed by atoms with Crippen LogP contribution in [0.3, 0.4) is 0 Å². The molecule has 0 bridgehead atoms. The number of rotatable bonds is 4. The molecule has 0 saturated heterocycles. The molecule has 0 fully saturated rings. The molecule has 25 heavy (non-hydrogen) atoms. The topological polar surface area (TPSA) is 14.2 Å². The maximum atomic E-state index is 13.4. The Balaban J connectivity index is 2.85. The Morgan fingerprint density at radius 2 is 1.60 bits per heavy atom. The van der Waals surface area contributed by atoms with E-state index in [1.54, 1.807) is 0 Å². The minimum atomic E-state index is -5.23. The van der Waals surface area contributed by atoms with E-state index in [9.17, 15) is 26.3 Å². The summed E-state index contributed by atoms with van der Waals surface area (Å²) < 4.78 is 85.0. The van der Waals surface area contributed by atoms with Gasteiger partial charge in [0.15, 0.2) is 0 Å². The summed E-state index contributed by atoms with van der Waals surface area (Å²) in [5.74, 6) is 0. The lowest BCUT2D eigenvalue weighted by molar-refractivity contribution is -0.167. The molecule has 10 heteroatoms. The van der Waals surface area contributed by atoms with Gasteiger partial charge < -0.3 is 9.30 Å². The SMILES string of the molecule is CCOCn1c(-c2ccc(Cl)cc2)c(Br)c(C(F)(F)F)c1C(F)(F)F. The lowest BCUT2D eigenvalue weighted by Crippen LogP contribution is -2.21. The smallest absolute Gasteiger partial charge is 0.361 e. The number of alkyl halides is 6. The zero-order valence-electron chi connectivity index (χ0n) is 12.6. The fourth-order valence-electron chi connectivity index (χ4n) is 2.34. The van der Waals surface area contributed by atoms with Crippen LogP contribution in [0.4, 0.5) is 26.3 Å². The van der Waals surface area contributed by atoms with Crippen molar-refractivity contribution in [2.45, 2.75) is 26.0 Å². The van der Waals surface area contributed by atoms with Gasteiger partial charge in [-0.3, -0.25) is 0 Å². The van der Waals surface area contributed by atoms with E-state index in [1.807, 2.05) is 0 Å². The van der Waals surface area contributed by atoms with Crippen LogP contribution >= 0.6 is 27.5 Å². The molecule has 0 unspecified atom stereocenters. The number of hydrogen-bond donors (Lipinski definition) is 0. The van der Waals surface area contributed by atoms with E-state index in [-0.39, 0.29) is 17.9 Å². The van der Waals surface area contributed by atoms with Gasteiger partial charge in [-0.15, -0.1) is 0 Å². The number of aromatic nitrogens is 1. The summed E-state index contributed by atoms with van der Waals surface area (Å²) in [6, 6.07) is 5.43. The second-order valence-corrected chi connectivity index (χ2v) is 6.17. The van der Waals surface area contributed by atoms with E-state index in [0.29, 0.717) is 9.59 Å². The van der Waals surface area contributed by atoms with Gasteiger partial charge in [0, 0.05) is 11.6 Å². The van der Waals surface area contributed by atoms with Crippen LogP contribution in [0.2, 0.25) is 5.02 Å². The number of nitrogens with zero attached hydrogens (tertiary/aromatic N) is 1. The van der Waals surface area contributed by atoms with Gasteiger partial charge in [-0.25, -0.2) is 0 Å². The van der Waals surface area contributed by atoms with Crippen LogP contribution in [0, 0.1) is 0 Å². The van der Waals surface area contributed by atoms with E-state index >= 15 is 0 Å². The summed E-state index contributed by atoms with van der Waals surface area (Å²) in [7, 11) is 0. The molecule has 0 amide bonds. The van der Waals surface area contributed by atoms with Crippen molar-refractivity contribution in [3.05, 3.63) is 45.0 Å². The molecule has 1 heterocycles. The molecule has 0 aliphatic carbocycles. The Labute approximate surface area is 152 Å². The van der Waals surface area contributed by atoms with Crippen LogP contribution < -0.4 is 0 Å². The molecule has 138 valence electrons. The minimum Gasteiger partial charge on any atom is -0.361 e. The van der Waals surface area contributed by atoms with Crippen molar-refractivity contribution in [1.82, 2.24) is 4.57 Å². The lowest BCUT2D eigenvalue weighted by Gasteiger charge is -2.17. The second-order valence-electron chi connectivity index (χ2n) is 4.94. The molecule has 1 aromatic heterocycles. The Hall–Kier alpha value is -1.19. The third kappa shape index (κ3) is 4.15. The Kier molecular flexibility index (Phi) is 5.80. The monoisotopic (exact) mass is 449 g/mol. The first kappa shape index (κ1) is 20.1. The fourth-order valence-corrected chi connectivity index (χ4v) is 3.32. The van der Waals surface area contributed by atoms with Gasteiger partial charge in [0.1, 0.15) is 18.0 Å². The maximum Gasteiger partial charge on any atom is 0.432 e. The quantitative estimate of drug-likeness (QED) is 0.479. The minimum absolute atomic E-state index is 0.0362. The van der Waals surface area contributed by atoms with Crippen LogP contribution in [-0.4, -0.2) is 11.2 Å². The first-order chi connectivity index (χ1) is 11.5. The molecule has 0 atom stereocenters. The third-order valence-electron chi connectivity index (χ3n) is 3.30. The standard InChI is InChI=1S/C15H11BrClF6NO/c1-2-25-7-24-12(8-3-5-9(17)6-4-8)11(16)10(14(18,19)20)13(24)15(21,22)23/h3-6H,2,7H2,1H3. The molecule has 2 aromatic rings. The number of halogens is 8. The van der Waals surface area contributed by atoms with Crippen LogP contribution in [-0.2, 0) is 23.8 Å². The van der Waals surface area contributed by atoms with Crippen molar-refractivity contribution in [2.24, 2.45) is 0 Å². The van der Waals surface area contributed by atoms with E-state index in [0.717, 1.165) is 0 Å². The van der Waals surface area contributed by atoms with Gasteiger partial charge in [0.25, 0.3) is 0 Å². The zero-order chi connectivity index (χ0) is 19.0. The van der Waals surface area contributed by atoms with E-state index in [4.69, 9.17) is 16.3 Å². The molecule has 0 aliphatic rings. The zero-order valence-corrected chi connectivity index (χ0v) is 14.9. The summed E-state index contributed by atoms with van der Waals surface area (Å²) >= 11 is 8.44. The van der Waals surface area contributed by atoms with E-state index < -0.39 is 34.8 Å². The predicted octanol–water partition coefficient (Wildman–Crippen LogP) is 6.60. The largest absolute Gasteiger partial charge is 0.432 e. The Morgan fingerprint density at radius 1 is 1.04 bits per heavy atom. The summed E-state index contributed by atoms with van der Waals surface area (Å²) in [5, 5.41) is 0.301. The fraction of sp³-hybridized carbons (Fsp3) is 0.333. The molecule has 1 aromatic carbocycles. The van der Waals surface area contributed by atoms with Gasteiger partial charge in [-0.2, -0.15) is 26.3 Å². The predicted molar refractivity (Wildman–Crippen MR) is 84.2 cm³/mol. The molecule has 2 nitrogen and oxygen atoms in total. The van der Waals surface area contributed by atoms with Crippen LogP contribution in [0.1, 0.15) is 18.2 Å². The van der Waals surface area contributed by atoms with Crippen LogP contribution in [0.15, 0.2) is 28.7 Å². The molecule has 0 saturated carbocycles. The van der Waals surface area contributed by atoms with Crippen LogP contribution in [0.5, 0.6) is 0 Å². The molecule has 0 spiro atoms. The third-order valence-corrected chi connectivity index (χ3v) is 4.32. The van der Waals surface area contributed by atoms with Gasteiger partial charge in [0.05, 0.1) is 10.2 Å². The summed E-state index contributed by atoms with van der Waals surface area (Å²) in [6.07, 6.45) is -10.4. The average Bonchev–Trinajstić information content (AvgIpc) is 2.78. The van der Waals surface area contributed by atoms with Crippen molar-refractivity contribution in [1.29, 1.82) is 0 Å². The summed E-state index contributed by atoms with van der Waals surface area (Å²) in [6.45, 7) is 0.880. The number of ether oxygens (including phenoxy) is 1. The normalized spacial score (nSPS) is 12.7. The van der Waals surface area contributed by atoms with Gasteiger partial charge in [0.2, 0.25) is 0 Å². The molecular weight excluding hydrogens is 440 g/mol. The van der Waals surface area contributed by atoms with Gasteiger partial charge in [-0.1, -0.05) is 23.7 Å². The summed E-state index contributed by atoms with van der Waals surface area (Å²) in [5.41, 5.74) is -3.75. The molecule has 0 aliphatic heterocycles. The first-order valence-corrected chi connectivity index (χ1v) is 8.05. The van der Waals surface area contributed by atoms with Gasteiger partial charge >= 0.3 is 12.4 Å². The highest BCUT2D eigenvalue weighted by atomic mass is 79.9.